The average Bonchev–Trinajstić information content (AvgIpc) is 2.62. The molecule has 0 atom stereocenters. The molecular formula is C18H13ClN4OS. The lowest BCUT2D eigenvalue weighted by Gasteiger charge is -2.11. The molecule has 7 heteroatoms. The van der Waals surface area contributed by atoms with E-state index in [4.69, 9.17) is 16.7 Å². The zero-order chi connectivity index (χ0) is 17.8. The fraction of sp³-hybridized carbons (Fsp3) is 0.0556. The highest BCUT2D eigenvalue weighted by Crippen LogP contribution is 2.30. The second-order valence-corrected chi connectivity index (χ2v) is 6.36. The van der Waals surface area contributed by atoms with Crippen molar-refractivity contribution in [3.63, 3.8) is 0 Å². The minimum Gasteiger partial charge on any atom is -0.326 e. The zero-order valence-corrected chi connectivity index (χ0v) is 14.6. The number of halogens is 1. The van der Waals surface area contributed by atoms with Crippen LogP contribution in [-0.4, -0.2) is 10.9 Å². The summed E-state index contributed by atoms with van der Waals surface area (Å²) in [5, 5.41) is 19.8. The monoisotopic (exact) mass is 368 g/mol. The highest BCUT2D eigenvalue weighted by molar-refractivity contribution is 7.97. The zero-order valence-electron chi connectivity index (χ0n) is 13.0. The number of carbonyl (C=O) groups is 1. The van der Waals surface area contributed by atoms with Gasteiger partial charge in [0.25, 0.3) is 0 Å². The molecule has 1 heterocycles. The van der Waals surface area contributed by atoms with E-state index in [1.807, 2.05) is 12.1 Å². The van der Waals surface area contributed by atoms with E-state index < -0.39 is 0 Å². The lowest BCUT2D eigenvalue weighted by molar-refractivity contribution is -0.115. The van der Waals surface area contributed by atoms with Gasteiger partial charge in [0, 0.05) is 32.6 Å². The molecule has 3 N–H and O–H groups in total. The molecule has 0 fully saturated rings. The van der Waals surface area contributed by atoms with Gasteiger partial charge in [-0.2, -0.15) is 5.26 Å². The number of pyridine rings is 1. The first-order valence-electron chi connectivity index (χ1n) is 7.35. The van der Waals surface area contributed by atoms with Crippen LogP contribution < -0.4 is 10.5 Å². The number of fused-ring (bicyclic) bond motifs is 1. The predicted molar refractivity (Wildman–Crippen MR) is 100 cm³/mol. The number of anilines is 1. The average molecular weight is 369 g/mol. The topological polar surface area (TPSA) is 91.8 Å². The van der Waals surface area contributed by atoms with Crippen molar-refractivity contribution in [3.05, 3.63) is 64.9 Å². The summed E-state index contributed by atoms with van der Waals surface area (Å²) in [5.74, 6) is -0.206. The number of aromatic nitrogens is 1. The molecule has 0 saturated carbocycles. The van der Waals surface area contributed by atoms with E-state index >= 15 is 0 Å². The van der Waals surface area contributed by atoms with E-state index in [0.29, 0.717) is 16.1 Å². The highest BCUT2D eigenvalue weighted by atomic mass is 35.5. The van der Waals surface area contributed by atoms with E-state index in [9.17, 15) is 10.1 Å². The summed E-state index contributed by atoms with van der Waals surface area (Å²) in [6.07, 6.45) is 1.72. The van der Waals surface area contributed by atoms with Gasteiger partial charge in [-0.05, 0) is 41.8 Å². The molecule has 0 aliphatic carbocycles. The van der Waals surface area contributed by atoms with Crippen molar-refractivity contribution in [2.75, 3.05) is 5.32 Å². The molecule has 124 valence electrons. The molecule has 1 aromatic heterocycles. The van der Waals surface area contributed by atoms with E-state index in [2.05, 4.69) is 16.4 Å². The molecule has 0 radical (unpaired) electrons. The van der Waals surface area contributed by atoms with Crippen LogP contribution in [0, 0.1) is 11.3 Å². The highest BCUT2D eigenvalue weighted by Gasteiger charge is 2.12. The minimum atomic E-state index is -0.206. The van der Waals surface area contributed by atoms with Crippen LogP contribution >= 0.6 is 23.5 Å². The van der Waals surface area contributed by atoms with Gasteiger partial charge in [-0.25, -0.2) is 4.98 Å². The Hall–Kier alpha value is -2.59. The third-order valence-corrected chi connectivity index (χ3v) is 4.63. The Morgan fingerprint density at radius 3 is 2.80 bits per heavy atom. The molecule has 25 heavy (non-hydrogen) atoms. The summed E-state index contributed by atoms with van der Waals surface area (Å²) >= 11 is 7.15. The van der Waals surface area contributed by atoms with Crippen LogP contribution in [0.15, 0.2) is 53.6 Å². The molecule has 0 saturated heterocycles. The van der Waals surface area contributed by atoms with Gasteiger partial charge in [0.2, 0.25) is 5.91 Å². The number of benzene rings is 2. The van der Waals surface area contributed by atoms with Gasteiger partial charge in [-0.3, -0.25) is 9.93 Å². The number of nitrogens with zero attached hydrogens (tertiary/aromatic N) is 2. The maximum absolute atomic E-state index is 12.3. The lowest BCUT2D eigenvalue weighted by Crippen LogP contribution is -2.14. The number of nitrogens with one attached hydrogen (secondary N) is 1. The molecule has 1 amide bonds. The maximum Gasteiger partial charge on any atom is 0.228 e. The Balaban J connectivity index is 1.92. The normalized spacial score (nSPS) is 10.4. The smallest absolute Gasteiger partial charge is 0.228 e. The first kappa shape index (κ1) is 17.2. The molecule has 0 aliphatic heterocycles. The van der Waals surface area contributed by atoms with Crippen molar-refractivity contribution >= 4 is 45.9 Å². The van der Waals surface area contributed by atoms with E-state index in [1.165, 1.54) is 0 Å². The molecule has 0 bridgehead atoms. The van der Waals surface area contributed by atoms with Crippen LogP contribution in [0.3, 0.4) is 0 Å². The van der Waals surface area contributed by atoms with Crippen LogP contribution in [0.1, 0.15) is 11.3 Å². The predicted octanol–water partition coefficient (Wildman–Crippen LogP) is 3.91. The quantitative estimate of drug-likeness (QED) is 0.681. The Morgan fingerprint density at radius 2 is 2.08 bits per heavy atom. The third kappa shape index (κ3) is 3.74. The van der Waals surface area contributed by atoms with Crippen LogP contribution in [0.5, 0.6) is 0 Å². The fourth-order valence-corrected chi connectivity index (χ4v) is 3.23. The summed E-state index contributed by atoms with van der Waals surface area (Å²) in [6.45, 7) is 0. The Labute approximate surface area is 153 Å². The summed E-state index contributed by atoms with van der Waals surface area (Å²) < 4.78 is 0. The van der Waals surface area contributed by atoms with E-state index in [-0.39, 0.29) is 18.0 Å². The first-order chi connectivity index (χ1) is 12.1. The maximum atomic E-state index is 12.3. The van der Waals surface area contributed by atoms with Crippen molar-refractivity contribution in [1.29, 1.82) is 5.26 Å². The summed E-state index contributed by atoms with van der Waals surface area (Å²) in [5.41, 5.74) is 1.59. The van der Waals surface area contributed by atoms with Gasteiger partial charge in [-0.1, -0.05) is 29.8 Å². The molecule has 3 rings (SSSR count). The lowest BCUT2D eigenvalue weighted by atomic mass is 10.1. The molecule has 0 unspecified atom stereocenters. The van der Waals surface area contributed by atoms with Gasteiger partial charge in [-0.15, -0.1) is 0 Å². The summed E-state index contributed by atoms with van der Waals surface area (Å²) in [6, 6.07) is 14.6. The molecule has 5 nitrogen and oxygen atoms in total. The summed E-state index contributed by atoms with van der Waals surface area (Å²) in [4.78, 5) is 17.1. The van der Waals surface area contributed by atoms with Gasteiger partial charge < -0.3 is 5.32 Å². The van der Waals surface area contributed by atoms with Crippen LogP contribution in [0.4, 0.5) is 5.69 Å². The number of hydrogen-bond acceptors (Lipinski definition) is 5. The largest absolute Gasteiger partial charge is 0.326 e. The minimum absolute atomic E-state index is 0.154. The third-order valence-electron chi connectivity index (χ3n) is 3.67. The first-order valence-corrected chi connectivity index (χ1v) is 8.61. The summed E-state index contributed by atoms with van der Waals surface area (Å²) in [7, 11) is 0. The fourth-order valence-electron chi connectivity index (χ4n) is 2.53. The van der Waals surface area contributed by atoms with Gasteiger partial charge in [0.1, 0.15) is 11.8 Å². The van der Waals surface area contributed by atoms with Crippen molar-refractivity contribution in [1.82, 2.24) is 4.98 Å². The van der Waals surface area contributed by atoms with E-state index in [0.717, 1.165) is 27.8 Å². The van der Waals surface area contributed by atoms with Crippen molar-refractivity contribution in [2.24, 2.45) is 5.14 Å². The van der Waals surface area contributed by atoms with Crippen LogP contribution in [-0.2, 0) is 11.2 Å². The number of amides is 1. The number of carbonyl (C=O) groups excluding carboxylic acids is 1. The number of hydrogen-bond donors (Lipinski definition) is 2. The molecule has 0 spiro atoms. The molecular weight excluding hydrogens is 356 g/mol. The Kier molecular flexibility index (Phi) is 5.19. The van der Waals surface area contributed by atoms with Crippen molar-refractivity contribution in [3.8, 4) is 6.07 Å². The number of nitrogens with two attached hydrogens (primary N) is 1. The number of rotatable bonds is 4. The van der Waals surface area contributed by atoms with Crippen molar-refractivity contribution < 1.29 is 4.79 Å². The Morgan fingerprint density at radius 1 is 1.28 bits per heavy atom. The second-order valence-electron chi connectivity index (χ2n) is 5.28. The van der Waals surface area contributed by atoms with E-state index in [1.54, 1.807) is 36.5 Å². The van der Waals surface area contributed by atoms with Crippen LogP contribution in [0.25, 0.3) is 10.8 Å². The van der Waals surface area contributed by atoms with Gasteiger partial charge in [0.05, 0.1) is 6.42 Å². The van der Waals surface area contributed by atoms with Crippen LogP contribution in [0.2, 0.25) is 5.02 Å². The van der Waals surface area contributed by atoms with Gasteiger partial charge in [0.15, 0.2) is 0 Å². The van der Waals surface area contributed by atoms with Gasteiger partial charge >= 0.3 is 0 Å². The molecule has 0 aliphatic rings. The standard InChI is InChI=1S/C18H13ClN4OS/c19-15-4-2-1-3-11(15)7-18(24)23-12-8-14-13(17(9-12)25-21)5-6-22-16(14)10-20/h1-6,8-9H,7,21H2,(H,23,24). The molecule has 2 aromatic carbocycles. The molecule has 3 aromatic rings. The SMILES string of the molecule is N#Cc1nccc2c(SN)cc(NC(=O)Cc3ccccc3Cl)cc12. The van der Waals surface area contributed by atoms with Crippen molar-refractivity contribution in [2.45, 2.75) is 11.3 Å². The Bertz CT molecular complexity index is 1000. The second kappa shape index (κ2) is 7.53. The number of nitriles is 1.